The van der Waals surface area contributed by atoms with Crippen molar-refractivity contribution in [2.24, 2.45) is 0 Å². The Balaban J connectivity index is 1.88. The molecule has 1 N–H and O–H groups in total. The molecule has 1 aliphatic carbocycles. The van der Waals surface area contributed by atoms with Gasteiger partial charge in [0.2, 0.25) is 0 Å². The number of rotatable bonds is 8. The molecule has 0 amide bonds. The predicted molar refractivity (Wildman–Crippen MR) is 71.7 cm³/mol. The normalized spacial score (nSPS) is 26.0. The van der Waals surface area contributed by atoms with Crippen molar-refractivity contribution in [3.8, 4) is 0 Å². The summed E-state index contributed by atoms with van der Waals surface area (Å²) in [5, 5.41) is 4.64. The van der Waals surface area contributed by atoms with E-state index in [4.69, 9.17) is 0 Å². The lowest BCUT2D eigenvalue weighted by molar-refractivity contribution is 0.500. The Bertz CT molecular complexity index is 149. The van der Waals surface area contributed by atoms with Gasteiger partial charge >= 0.3 is 0 Å². The Morgan fingerprint density at radius 3 is 2.60 bits per heavy atom. The highest BCUT2D eigenvalue weighted by atomic mass is 32.2. The third-order valence-electron chi connectivity index (χ3n) is 3.43. The minimum Gasteiger partial charge on any atom is -0.314 e. The van der Waals surface area contributed by atoms with E-state index < -0.39 is 0 Å². The fraction of sp³-hybridized carbons (Fsp3) is 1.00. The van der Waals surface area contributed by atoms with Gasteiger partial charge in [-0.3, -0.25) is 0 Å². The van der Waals surface area contributed by atoms with Gasteiger partial charge in [0.25, 0.3) is 0 Å². The highest BCUT2D eigenvalue weighted by molar-refractivity contribution is 7.99. The summed E-state index contributed by atoms with van der Waals surface area (Å²) in [7, 11) is 0. The van der Waals surface area contributed by atoms with Crippen molar-refractivity contribution in [2.45, 2.75) is 69.6 Å². The number of hydrogen-bond donors (Lipinski definition) is 1. The van der Waals surface area contributed by atoms with Gasteiger partial charge in [-0.25, -0.2) is 0 Å². The molecule has 1 aliphatic rings. The lowest BCUT2D eigenvalue weighted by Crippen LogP contribution is -2.27. The van der Waals surface area contributed by atoms with Crippen molar-refractivity contribution in [3.63, 3.8) is 0 Å². The van der Waals surface area contributed by atoms with Gasteiger partial charge in [-0.2, -0.15) is 11.8 Å². The monoisotopic (exact) mass is 229 g/mol. The molecule has 0 bridgehead atoms. The Hall–Kier alpha value is 0.310. The molecule has 0 aliphatic heterocycles. The van der Waals surface area contributed by atoms with Crippen LogP contribution in [0.4, 0.5) is 0 Å². The summed E-state index contributed by atoms with van der Waals surface area (Å²) in [5.41, 5.74) is 0. The SMILES string of the molecule is CCCCCCCNC1CCC(SC)C1. The van der Waals surface area contributed by atoms with E-state index in [-0.39, 0.29) is 0 Å². The van der Waals surface area contributed by atoms with E-state index in [0.29, 0.717) is 0 Å². The van der Waals surface area contributed by atoms with Crippen LogP contribution in [-0.4, -0.2) is 24.1 Å². The van der Waals surface area contributed by atoms with E-state index in [9.17, 15) is 0 Å². The van der Waals surface area contributed by atoms with Crippen molar-refractivity contribution >= 4 is 11.8 Å². The summed E-state index contributed by atoms with van der Waals surface area (Å²) >= 11 is 2.05. The summed E-state index contributed by atoms with van der Waals surface area (Å²) in [6.07, 6.45) is 13.5. The highest BCUT2D eigenvalue weighted by Crippen LogP contribution is 2.27. The van der Waals surface area contributed by atoms with E-state index in [1.165, 1.54) is 57.9 Å². The molecule has 0 spiro atoms. The first-order valence-electron chi connectivity index (χ1n) is 6.63. The molecule has 1 saturated carbocycles. The Morgan fingerprint density at radius 2 is 1.93 bits per heavy atom. The van der Waals surface area contributed by atoms with Gasteiger partial charge < -0.3 is 5.32 Å². The summed E-state index contributed by atoms with van der Waals surface area (Å²) < 4.78 is 0. The molecular formula is C13H27NS. The quantitative estimate of drug-likeness (QED) is 0.635. The third kappa shape index (κ3) is 5.82. The van der Waals surface area contributed by atoms with Crippen LogP contribution in [0.25, 0.3) is 0 Å². The third-order valence-corrected chi connectivity index (χ3v) is 4.53. The number of nitrogens with one attached hydrogen (secondary N) is 1. The van der Waals surface area contributed by atoms with Gasteiger partial charge in [0, 0.05) is 11.3 Å². The zero-order valence-electron chi connectivity index (χ0n) is 10.4. The fourth-order valence-corrected chi connectivity index (χ4v) is 3.17. The van der Waals surface area contributed by atoms with Crippen molar-refractivity contribution in [1.29, 1.82) is 0 Å². The maximum atomic E-state index is 3.71. The molecule has 0 radical (unpaired) electrons. The van der Waals surface area contributed by atoms with E-state index in [0.717, 1.165) is 11.3 Å². The molecule has 1 nitrogen and oxygen atoms in total. The first-order valence-corrected chi connectivity index (χ1v) is 7.91. The molecule has 1 rings (SSSR count). The standard InChI is InChI=1S/C13H27NS/c1-3-4-5-6-7-10-14-12-8-9-13(11-12)15-2/h12-14H,3-11H2,1-2H3. The van der Waals surface area contributed by atoms with Crippen LogP contribution in [-0.2, 0) is 0 Å². The lowest BCUT2D eigenvalue weighted by atomic mass is 10.1. The minimum atomic E-state index is 0.827. The molecule has 2 atom stereocenters. The van der Waals surface area contributed by atoms with Crippen LogP contribution in [0.3, 0.4) is 0 Å². The second kappa shape index (κ2) is 8.46. The van der Waals surface area contributed by atoms with Crippen LogP contribution < -0.4 is 5.32 Å². The minimum absolute atomic E-state index is 0.827. The van der Waals surface area contributed by atoms with Crippen LogP contribution in [0.2, 0.25) is 0 Å². The van der Waals surface area contributed by atoms with Gasteiger partial charge in [-0.1, -0.05) is 32.6 Å². The maximum Gasteiger partial charge on any atom is 0.00779 e. The Labute approximate surface area is 99.8 Å². The Morgan fingerprint density at radius 1 is 1.13 bits per heavy atom. The van der Waals surface area contributed by atoms with Gasteiger partial charge in [0.1, 0.15) is 0 Å². The van der Waals surface area contributed by atoms with E-state index in [2.05, 4.69) is 18.5 Å². The highest BCUT2D eigenvalue weighted by Gasteiger charge is 2.22. The summed E-state index contributed by atoms with van der Waals surface area (Å²) in [5.74, 6) is 0. The van der Waals surface area contributed by atoms with Crippen LogP contribution in [0.15, 0.2) is 0 Å². The van der Waals surface area contributed by atoms with Gasteiger partial charge in [-0.15, -0.1) is 0 Å². The van der Waals surface area contributed by atoms with E-state index >= 15 is 0 Å². The number of unbranched alkanes of at least 4 members (excludes halogenated alkanes) is 4. The molecule has 2 heteroatoms. The predicted octanol–water partition coefficient (Wildman–Crippen LogP) is 3.83. The van der Waals surface area contributed by atoms with Gasteiger partial charge in [-0.05, 0) is 38.5 Å². The smallest absolute Gasteiger partial charge is 0.00779 e. The molecule has 90 valence electrons. The first kappa shape index (κ1) is 13.4. The molecule has 1 fully saturated rings. The summed E-state index contributed by atoms with van der Waals surface area (Å²) in [6, 6.07) is 0.827. The fourth-order valence-electron chi connectivity index (χ4n) is 2.37. The number of hydrogen-bond acceptors (Lipinski definition) is 2. The molecule has 2 unspecified atom stereocenters. The lowest BCUT2D eigenvalue weighted by Gasteiger charge is -2.12. The zero-order valence-corrected chi connectivity index (χ0v) is 11.2. The summed E-state index contributed by atoms with van der Waals surface area (Å²) in [4.78, 5) is 0. The molecule has 0 aromatic rings. The van der Waals surface area contributed by atoms with Crippen LogP contribution in [0, 0.1) is 0 Å². The second-order valence-corrected chi connectivity index (χ2v) is 5.87. The topological polar surface area (TPSA) is 12.0 Å². The first-order chi connectivity index (χ1) is 7.36. The van der Waals surface area contributed by atoms with Crippen LogP contribution >= 0.6 is 11.8 Å². The zero-order chi connectivity index (χ0) is 10.9. The molecule has 0 aromatic heterocycles. The van der Waals surface area contributed by atoms with Gasteiger partial charge in [0.15, 0.2) is 0 Å². The van der Waals surface area contributed by atoms with Crippen molar-refractivity contribution in [1.82, 2.24) is 5.32 Å². The van der Waals surface area contributed by atoms with Crippen LogP contribution in [0.1, 0.15) is 58.3 Å². The molecule has 0 saturated heterocycles. The molecule has 15 heavy (non-hydrogen) atoms. The molecular weight excluding hydrogens is 202 g/mol. The average Bonchev–Trinajstić information content (AvgIpc) is 2.71. The molecule has 0 heterocycles. The van der Waals surface area contributed by atoms with E-state index in [1.54, 1.807) is 0 Å². The van der Waals surface area contributed by atoms with Crippen molar-refractivity contribution < 1.29 is 0 Å². The van der Waals surface area contributed by atoms with Crippen molar-refractivity contribution in [2.75, 3.05) is 12.8 Å². The number of thioether (sulfide) groups is 1. The largest absolute Gasteiger partial charge is 0.314 e. The Kier molecular flexibility index (Phi) is 7.54. The van der Waals surface area contributed by atoms with Crippen LogP contribution in [0.5, 0.6) is 0 Å². The summed E-state index contributed by atoms with van der Waals surface area (Å²) in [6.45, 7) is 3.52. The van der Waals surface area contributed by atoms with Gasteiger partial charge in [0.05, 0.1) is 0 Å². The van der Waals surface area contributed by atoms with E-state index in [1.807, 2.05) is 11.8 Å². The molecule has 0 aromatic carbocycles. The van der Waals surface area contributed by atoms with Crippen molar-refractivity contribution in [3.05, 3.63) is 0 Å². The second-order valence-electron chi connectivity index (χ2n) is 4.74. The average molecular weight is 229 g/mol. The maximum absolute atomic E-state index is 3.71.